The van der Waals surface area contributed by atoms with Gasteiger partial charge in [0.1, 0.15) is 0 Å². The Kier molecular flexibility index (Phi) is 6.91. The molecule has 0 radical (unpaired) electrons. The van der Waals surface area contributed by atoms with Gasteiger partial charge in [0.05, 0.1) is 16.2 Å². The van der Waals surface area contributed by atoms with Crippen molar-refractivity contribution in [2.24, 2.45) is 0 Å². The average molecular weight is 388 g/mol. The number of aryl methyl sites for hydroxylation is 2. The molecule has 0 saturated carbocycles. The molecule has 2 aromatic rings. The summed E-state index contributed by atoms with van der Waals surface area (Å²) in [7, 11) is -3.57. The zero-order valence-corrected chi connectivity index (χ0v) is 16.6. The molecule has 0 aromatic heterocycles. The van der Waals surface area contributed by atoms with E-state index >= 15 is 0 Å². The second-order valence-corrected chi connectivity index (χ2v) is 8.34. The maximum Gasteiger partial charge on any atom is 0.339 e. The van der Waals surface area contributed by atoms with E-state index in [2.05, 4.69) is 0 Å². The molecule has 0 amide bonds. The lowest BCUT2D eigenvalue weighted by molar-refractivity contribution is 0.0470. The highest BCUT2D eigenvalue weighted by Gasteiger charge is 2.22. The van der Waals surface area contributed by atoms with Crippen LogP contribution in [0.2, 0.25) is 0 Å². The van der Waals surface area contributed by atoms with Crippen LogP contribution in [0, 0.1) is 0 Å². The summed E-state index contributed by atoms with van der Waals surface area (Å²) in [5.74, 6) is -1.24. The number of hydrogen-bond donors (Lipinski definition) is 0. The van der Waals surface area contributed by atoms with Crippen molar-refractivity contribution in [3.05, 3.63) is 64.7 Å². The van der Waals surface area contributed by atoms with E-state index < -0.39 is 22.4 Å². The number of carbonyl (C=O) groups is 2. The second-order valence-electron chi connectivity index (χ2n) is 6.10. The number of hydrogen-bond acceptors (Lipinski definition) is 5. The number of esters is 1. The molecule has 144 valence electrons. The number of benzene rings is 2. The number of carbonyl (C=O) groups excluding carboxylic acids is 2. The molecular weight excluding hydrogens is 364 g/mol. The minimum Gasteiger partial charge on any atom is -0.454 e. The molecular formula is C21H24O5S. The Hall–Kier alpha value is -2.47. The fraction of sp³-hybridized carbons (Fsp3) is 0.333. The molecule has 5 nitrogen and oxygen atoms in total. The maximum atomic E-state index is 12.6. The molecule has 27 heavy (non-hydrogen) atoms. The maximum absolute atomic E-state index is 12.6. The zero-order valence-electron chi connectivity index (χ0n) is 15.8. The summed E-state index contributed by atoms with van der Waals surface area (Å²) in [6, 6.07) is 11.6. The van der Waals surface area contributed by atoms with Crippen LogP contribution in [0.15, 0.2) is 47.4 Å². The van der Waals surface area contributed by atoms with Gasteiger partial charge < -0.3 is 4.74 Å². The molecule has 0 aliphatic carbocycles. The molecule has 0 aliphatic heterocycles. The van der Waals surface area contributed by atoms with Gasteiger partial charge in [-0.25, -0.2) is 13.2 Å². The van der Waals surface area contributed by atoms with Gasteiger partial charge in [-0.15, -0.1) is 0 Å². The quantitative estimate of drug-likeness (QED) is 0.510. The Morgan fingerprint density at radius 3 is 2.26 bits per heavy atom. The summed E-state index contributed by atoms with van der Waals surface area (Å²) >= 11 is 0. The van der Waals surface area contributed by atoms with Crippen molar-refractivity contribution in [2.45, 2.75) is 38.5 Å². The summed E-state index contributed by atoms with van der Waals surface area (Å²) in [5, 5.41) is 0. The highest BCUT2D eigenvalue weighted by molar-refractivity contribution is 7.91. The first kappa shape index (κ1) is 20.8. The van der Waals surface area contributed by atoms with Crippen molar-refractivity contribution >= 4 is 21.6 Å². The van der Waals surface area contributed by atoms with Crippen LogP contribution in [0.4, 0.5) is 0 Å². The van der Waals surface area contributed by atoms with E-state index in [-0.39, 0.29) is 22.0 Å². The van der Waals surface area contributed by atoms with Crippen molar-refractivity contribution in [2.75, 3.05) is 12.4 Å². The Bertz CT molecular complexity index is 945. The van der Waals surface area contributed by atoms with E-state index in [9.17, 15) is 18.0 Å². The standard InChI is InChI=1S/C21H24O5S/c1-4-15-11-12-16(5-2)18(13-15)19(22)14-26-21(23)17-9-7-8-10-20(17)27(24,25)6-3/h7-13H,4-6,14H2,1-3H3. The summed E-state index contributed by atoms with van der Waals surface area (Å²) in [4.78, 5) is 24.9. The van der Waals surface area contributed by atoms with Crippen molar-refractivity contribution in [3.63, 3.8) is 0 Å². The summed E-state index contributed by atoms with van der Waals surface area (Å²) in [6.45, 7) is 5.03. The van der Waals surface area contributed by atoms with Crippen LogP contribution in [0.3, 0.4) is 0 Å². The van der Waals surface area contributed by atoms with Gasteiger partial charge >= 0.3 is 5.97 Å². The highest BCUT2D eigenvalue weighted by atomic mass is 32.2. The molecule has 0 atom stereocenters. The minimum absolute atomic E-state index is 0.0508. The number of ether oxygens (including phenoxy) is 1. The highest BCUT2D eigenvalue weighted by Crippen LogP contribution is 2.19. The van der Waals surface area contributed by atoms with E-state index in [1.807, 2.05) is 32.0 Å². The van der Waals surface area contributed by atoms with Crippen LogP contribution >= 0.6 is 0 Å². The van der Waals surface area contributed by atoms with Gasteiger partial charge in [0, 0.05) is 5.56 Å². The van der Waals surface area contributed by atoms with Gasteiger partial charge in [0.15, 0.2) is 16.4 Å². The van der Waals surface area contributed by atoms with Gasteiger partial charge in [-0.05, 0) is 42.2 Å². The topological polar surface area (TPSA) is 77.5 Å². The predicted molar refractivity (Wildman–Crippen MR) is 104 cm³/mol. The molecule has 0 saturated heterocycles. The van der Waals surface area contributed by atoms with Gasteiger partial charge in [-0.1, -0.05) is 45.0 Å². The van der Waals surface area contributed by atoms with Crippen molar-refractivity contribution in [3.8, 4) is 0 Å². The van der Waals surface area contributed by atoms with Crippen molar-refractivity contribution in [1.82, 2.24) is 0 Å². The molecule has 0 heterocycles. The SMILES string of the molecule is CCc1ccc(CC)c(C(=O)COC(=O)c2ccccc2S(=O)(=O)CC)c1. The normalized spacial score (nSPS) is 11.2. The molecule has 2 aromatic carbocycles. The smallest absolute Gasteiger partial charge is 0.339 e. The average Bonchev–Trinajstić information content (AvgIpc) is 2.71. The number of sulfone groups is 1. The summed E-state index contributed by atoms with van der Waals surface area (Å²) in [6.07, 6.45) is 1.49. The molecule has 2 rings (SSSR count). The minimum atomic E-state index is -3.57. The Labute approximate surface area is 160 Å². The lowest BCUT2D eigenvalue weighted by Gasteiger charge is -2.11. The van der Waals surface area contributed by atoms with Crippen LogP contribution in [0.25, 0.3) is 0 Å². The first-order valence-electron chi connectivity index (χ1n) is 8.97. The van der Waals surface area contributed by atoms with Crippen LogP contribution in [-0.4, -0.2) is 32.5 Å². The molecule has 0 aliphatic rings. The van der Waals surface area contributed by atoms with E-state index in [1.54, 1.807) is 12.1 Å². The molecule has 0 bridgehead atoms. The number of ketones is 1. The molecule has 0 unspecified atom stereocenters. The van der Waals surface area contributed by atoms with Crippen LogP contribution < -0.4 is 0 Å². The molecule has 0 N–H and O–H groups in total. The lowest BCUT2D eigenvalue weighted by Crippen LogP contribution is -2.18. The monoisotopic (exact) mass is 388 g/mol. The number of rotatable bonds is 8. The molecule has 6 heteroatoms. The van der Waals surface area contributed by atoms with E-state index in [0.717, 1.165) is 17.5 Å². The Morgan fingerprint density at radius 1 is 0.926 bits per heavy atom. The van der Waals surface area contributed by atoms with E-state index in [4.69, 9.17) is 4.74 Å². The van der Waals surface area contributed by atoms with Gasteiger partial charge in [-0.3, -0.25) is 4.79 Å². The Balaban J connectivity index is 2.21. The van der Waals surface area contributed by atoms with E-state index in [1.165, 1.54) is 19.1 Å². The fourth-order valence-corrected chi connectivity index (χ4v) is 3.84. The Morgan fingerprint density at radius 2 is 1.63 bits per heavy atom. The van der Waals surface area contributed by atoms with Crippen molar-refractivity contribution in [1.29, 1.82) is 0 Å². The third-order valence-corrected chi connectivity index (χ3v) is 6.21. The largest absolute Gasteiger partial charge is 0.454 e. The fourth-order valence-electron chi connectivity index (χ4n) is 2.76. The third kappa shape index (κ3) is 4.83. The van der Waals surface area contributed by atoms with Gasteiger partial charge in [-0.2, -0.15) is 0 Å². The van der Waals surface area contributed by atoms with Crippen LogP contribution in [-0.2, 0) is 27.4 Å². The first-order chi connectivity index (χ1) is 12.8. The van der Waals surface area contributed by atoms with Crippen LogP contribution in [0.1, 0.15) is 52.6 Å². The summed E-state index contributed by atoms with van der Waals surface area (Å²) < 4.78 is 29.5. The van der Waals surface area contributed by atoms with Gasteiger partial charge in [0.25, 0.3) is 0 Å². The van der Waals surface area contributed by atoms with Gasteiger partial charge in [0.2, 0.25) is 5.78 Å². The molecule has 0 fully saturated rings. The first-order valence-corrected chi connectivity index (χ1v) is 10.6. The summed E-state index contributed by atoms with van der Waals surface area (Å²) in [5.41, 5.74) is 2.41. The number of Topliss-reactive ketones (excluding diaryl/α,β-unsaturated/α-hetero) is 1. The van der Waals surface area contributed by atoms with Crippen LogP contribution in [0.5, 0.6) is 0 Å². The lowest BCUT2D eigenvalue weighted by atomic mass is 9.98. The van der Waals surface area contributed by atoms with Crippen molar-refractivity contribution < 1.29 is 22.7 Å². The second kappa shape index (κ2) is 8.95. The third-order valence-electron chi connectivity index (χ3n) is 4.42. The zero-order chi connectivity index (χ0) is 20.0. The van der Waals surface area contributed by atoms with E-state index in [0.29, 0.717) is 12.0 Å². The molecule has 0 spiro atoms. The predicted octanol–water partition coefficient (Wildman–Crippen LogP) is 3.64.